The number of hydrogen-bond acceptors (Lipinski definition) is 4. The van der Waals surface area contributed by atoms with E-state index in [0.717, 1.165) is 23.3 Å². The number of sulfonamides is 1. The molecule has 0 radical (unpaired) electrons. The number of amides is 1. The number of rotatable bonds is 5. The smallest absolute Gasteiger partial charge is 0.243 e. The van der Waals surface area contributed by atoms with Crippen LogP contribution in [-0.4, -0.2) is 31.2 Å². The first kappa shape index (κ1) is 18.1. The summed E-state index contributed by atoms with van der Waals surface area (Å²) in [6, 6.07) is 9.71. The lowest BCUT2D eigenvalue weighted by Crippen LogP contribution is -2.51. The van der Waals surface area contributed by atoms with Crippen molar-refractivity contribution >= 4 is 27.3 Å². The molecule has 25 heavy (non-hydrogen) atoms. The topological polar surface area (TPSA) is 66.5 Å². The van der Waals surface area contributed by atoms with E-state index >= 15 is 0 Å². The van der Waals surface area contributed by atoms with Gasteiger partial charge in [-0.3, -0.25) is 4.79 Å². The second kappa shape index (κ2) is 7.68. The first-order valence-corrected chi connectivity index (χ1v) is 10.7. The number of carbonyl (C=O) groups excluding carboxylic acids is 1. The van der Waals surface area contributed by atoms with E-state index in [1.54, 1.807) is 41.7 Å². The Labute approximate surface area is 152 Å². The van der Waals surface area contributed by atoms with Crippen molar-refractivity contribution in [3.05, 3.63) is 52.2 Å². The zero-order valence-corrected chi connectivity index (χ0v) is 15.8. The van der Waals surface area contributed by atoms with Crippen molar-refractivity contribution in [2.24, 2.45) is 0 Å². The van der Waals surface area contributed by atoms with Crippen LogP contribution in [-0.2, 0) is 21.4 Å². The molecule has 1 aromatic heterocycles. The summed E-state index contributed by atoms with van der Waals surface area (Å²) in [6.45, 7) is 2.83. The second-order valence-corrected chi connectivity index (χ2v) is 9.08. The highest BCUT2D eigenvalue weighted by molar-refractivity contribution is 7.89. The van der Waals surface area contributed by atoms with E-state index in [4.69, 9.17) is 0 Å². The van der Waals surface area contributed by atoms with E-state index in [1.165, 1.54) is 4.31 Å². The lowest BCUT2D eigenvalue weighted by molar-refractivity contribution is -0.125. The van der Waals surface area contributed by atoms with Gasteiger partial charge in [-0.05, 0) is 48.9 Å². The molecule has 1 fully saturated rings. The third kappa shape index (κ3) is 3.94. The predicted octanol–water partition coefficient (Wildman–Crippen LogP) is 2.92. The van der Waals surface area contributed by atoms with E-state index in [-0.39, 0.29) is 10.8 Å². The number of carbonyl (C=O) groups is 1. The molecule has 1 saturated heterocycles. The third-order valence-electron chi connectivity index (χ3n) is 4.50. The maximum absolute atomic E-state index is 12.9. The number of benzene rings is 1. The van der Waals surface area contributed by atoms with E-state index in [0.29, 0.717) is 19.5 Å². The third-order valence-corrected chi connectivity index (χ3v) is 7.44. The number of nitrogens with zero attached hydrogens (tertiary/aromatic N) is 1. The zero-order valence-electron chi connectivity index (χ0n) is 14.1. The molecule has 1 atom stereocenters. The van der Waals surface area contributed by atoms with Crippen LogP contribution >= 0.6 is 11.3 Å². The molecule has 1 aliphatic rings. The van der Waals surface area contributed by atoms with Crippen molar-refractivity contribution in [2.75, 3.05) is 6.54 Å². The van der Waals surface area contributed by atoms with E-state index in [1.807, 2.05) is 18.4 Å². The van der Waals surface area contributed by atoms with Crippen LogP contribution in [0, 0.1) is 6.92 Å². The first-order valence-electron chi connectivity index (χ1n) is 8.38. The molecule has 134 valence electrons. The summed E-state index contributed by atoms with van der Waals surface area (Å²) in [6.07, 6.45) is 2.19. The summed E-state index contributed by atoms with van der Waals surface area (Å²) in [5.74, 6) is -0.216. The van der Waals surface area contributed by atoms with Gasteiger partial charge < -0.3 is 5.32 Å². The Hall–Kier alpha value is -1.70. The lowest BCUT2D eigenvalue weighted by atomic mass is 10.0. The number of piperidine rings is 1. The van der Waals surface area contributed by atoms with Gasteiger partial charge >= 0.3 is 0 Å². The SMILES string of the molecule is Cc1ccsc1CNC(=O)C1CCCCN1S(=O)(=O)c1ccccc1. The predicted molar refractivity (Wildman–Crippen MR) is 98.9 cm³/mol. The van der Waals surface area contributed by atoms with Gasteiger partial charge in [0.2, 0.25) is 15.9 Å². The Morgan fingerprint density at radius 2 is 2.00 bits per heavy atom. The quantitative estimate of drug-likeness (QED) is 0.870. The Morgan fingerprint density at radius 1 is 1.24 bits per heavy atom. The Balaban J connectivity index is 1.76. The molecule has 1 aromatic carbocycles. The molecule has 0 aliphatic carbocycles. The van der Waals surface area contributed by atoms with Gasteiger partial charge in [0.05, 0.1) is 11.4 Å². The monoisotopic (exact) mass is 378 g/mol. The van der Waals surface area contributed by atoms with Crippen molar-refractivity contribution in [2.45, 2.75) is 43.7 Å². The Morgan fingerprint density at radius 3 is 2.68 bits per heavy atom. The first-order chi connectivity index (χ1) is 12.0. The molecule has 5 nitrogen and oxygen atoms in total. The largest absolute Gasteiger partial charge is 0.350 e. The number of aryl methyl sites for hydroxylation is 1. The summed E-state index contributed by atoms with van der Waals surface area (Å²) in [5.41, 5.74) is 1.14. The maximum atomic E-state index is 12.9. The van der Waals surface area contributed by atoms with Crippen molar-refractivity contribution in [3.8, 4) is 0 Å². The summed E-state index contributed by atoms with van der Waals surface area (Å²) >= 11 is 1.59. The summed E-state index contributed by atoms with van der Waals surface area (Å²) in [5, 5.41) is 4.90. The van der Waals surface area contributed by atoms with Gasteiger partial charge in [-0.1, -0.05) is 24.6 Å². The van der Waals surface area contributed by atoms with E-state index in [2.05, 4.69) is 5.32 Å². The van der Waals surface area contributed by atoms with Crippen molar-refractivity contribution < 1.29 is 13.2 Å². The fraction of sp³-hybridized carbons (Fsp3) is 0.389. The minimum absolute atomic E-state index is 0.216. The van der Waals surface area contributed by atoms with Crippen molar-refractivity contribution in [1.82, 2.24) is 9.62 Å². The van der Waals surface area contributed by atoms with Gasteiger partial charge in [0.15, 0.2) is 0 Å². The molecule has 3 rings (SSSR count). The number of nitrogens with one attached hydrogen (secondary N) is 1. The van der Waals surface area contributed by atoms with E-state index < -0.39 is 16.1 Å². The van der Waals surface area contributed by atoms with Gasteiger partial charge in [0.25, 0.3) is 0 Å². The van der Waals surface area contributed by atoms with Gasteiger partial charge in [0.1, 0.15) is 6.04 Å². The number of thiophene rings is 1. The van der Waals surface area contributed by atoms with Gasteiger partial charge in [-0.15, -0.1) is 11.3 Å². The summed E-state index contributed by atoms with van der Waals surface area (Å²) in [4.78, 5) is 14.0. The molecular formula is C18H22N2O3S2. The normalized spacial score (nSPS) is 18.8. The van der Waals surface area contributed by atoms with Gasteiger partial charge in [0, 0.05) is 11.4 Å². The highest BCUT2D eigenvalue weighted by Gasteiger charge is 2.37. The second-order valence-electron chi connectivity index (χ2n) is 6.18. The molecule has 0 bridgehead atoms. The summed E-state index contributed by atoms with van der Waals surface area (Å²) in [7, 11) is -3.66. The highest BCUT2D eigenvalue weighted by atomic mass is 32.2. The Kier molecular flexibility index (Phi) is 5.56. The standard InChI is InChI=1S/C18H22N2O3S2/c1-14-10-12-24-17(14)13-19-18(21)16-9-5-6-11-20(16)25(22,23)15-7-3-2-4-8-15/h2-4,7-8,10,12,16H,5-6,9,11,13H2,1H3,(H,19,21). The van der Waals surface area contributed by atoms with Crippen LogP contribution in [0.15, 0.2) is 46.7 Å². The zero-order chi connectivity index (χ0) is 17.9. The van der Waals surface area contributed by atoms with E-state index in [9.17, 15) is 13.2 Å². The molecule has 1 amide bonds. The summed E-state index contributed by atoms with van der Waals surface area (Å²) < 4.78 is 27.2. The molecule has 1 aliphatic heterocycles. The van der Waals surface area contributed by atoms with Gasteiger partial charge in [-0.2, -0.15) is 4.31 Å². The van der Waals surface area contributed by atoms with Crippen LogP contribution in [0.3, 0.4) is 0 Å². The molecule has 1 unspecified atom stereocenters. The van der Waals surface area contributed by atoms with Crippen LogP contribution in [0.4, 0.5) is 0 Å². The fourth-order valence-corrected chi connectivity index (χ4v) is 5.58. The highest BCUT2D eigenvalue weighted by Crippen LogP contribution is 2.25. The lowest BCUT2D eigenvalue weighted by Gasteiger charge is -2.33. The molecule has 7 heteroatoms. The van der Waals surface area contributed by atoms with Crippen LogP contribution in [0.2, 0.25) is 0 Å². The van der Waals surface area contributed by atoms with Crippen LogP contribution in [0.5, 0.6) is 0 Å². The Bertz CT molecular complexity index is 831. The van der Waals surface area contributed by atoms with Gasteiger partial charge in [-0.25, -0.2) is 8.42 Å². The molecule has 2 aromatic rings. The van der Waals surface area contributed by atoms with Crippen molar-refractivity contribution in [1.29, 1.82) is 0 Å². The molecule has 2 heterocycles. The molecule has 0 spiro atoms. The van der Waals surface area contributed by atoms with Crippen LogP contribution in [0.1, 0.15) is 29.7 Å². The fourth-order valence-electron chi connectivity index (χ4n) is 3.05. The molecule has 1 N–H and O–H groups in total. The van der Waals surface area contributed by atoms with Crippen LogP contribution in [0.25, 0.3) is 0 Å². The molecule has 0 saturated carbocycles. The van der Waals surface area contributed by atoms with Crippen molar-refractivity contribution in [3.63, 3.8) is 0 Å². The molecular weight excluding hydrogens is 356 g/mol. The maximum Gasteiger partial charge on any atom is 0.243 e. The minimum Gasteiger partial charge on any atom is -0.350 e. The van der Waals surface area contributed by atoms with Crippen LogP contribution < -0.4 is 5.32 Å². The average Bonchev–Trinajstić information content (AvgIpc) is 3.05. The number of hydrogen-bond donors (Lipinski definition) is 1. The average molecular weight is 379 g/mol. The minimum atomic E-state index is -3.66.